The van der Waals surface area contributed by atoms with E-state index in [0.29, 0.717) is 11.0 Å². The molecule has 0 aromatic carbocycles. The number of hydrogen-bond donors (Lipinski definition) is 2. The Morgan fingerprint density at radius 1 is 1.55 bits per heavy atom. The molecule has 0 unspecified atom stereocenters. The van der Waals surface area contributed by atoms with Gasteiger partial charge in [0.25, 0.3) is 0 Å². The first-order valence-corrected chi connectivity index (χ1v) is 4.52. The SMILES string of the molecule is CC(C)[C@@H](N)c1csc(O)c1. The third-order valence-electron chi connectivity index (χ3n) is 1.71. The lowest BCUT2D eigenvalue weighted by molar-refractivity contribution is 0.485. The second-order valence-corrected chi connectivity index (χ2v) is 3.88. The fourth-order valence-corrected chi connectivity index (χ4v) is 1.58. The predicted octanol–water partition coefficient (Wildman–Crippen LogP) is 2.11. The van der Waals surface area contributed by atoms with Gasteiger partial charge in [-0.15, -0.1) is 11.3 Å². The summed E-state index contributed by atoms with van der Waals surface area (Å²) in [6.07, 6.45) is 0. The van der Waals surface area contributed by atoms with Crippen LogP contribution in [-0.4, -0.2) is 5.11 Å². The van der Waals surface area contributed by atoms with Crippen molar-refractivity contribution in [1.82, 2.24) is 0 Å². The van der Waals surface area contributed by atoms with Crippen molar-refractivity contribution in [2.75, 3.05) is 0 Å². The van der Waals surface area contributed by atoms with Crippen LogP contribution in [-0.2, 0) is 0 Å². The van der Waals surface area contributed by atoms with E-state index >= 15 is 0 Å². The van der Waals surface area contributed by atoms with Gasteiger partial charge in [0, 0.05) is 6.04 Å². The van der Waals surface area contributed by atoms with E-state index in [-0.39, 0.29) is 6.04 Å². The van der Waals surface area contributed by atoms with Crippen LogP contribution in [0.5, 0.6) is 5.06 Å². The van der Waals surface area contributed by atoms with Crippen molar-refractivity contribution in [3.05, 3.63) is 17.0 Å². The molecule has 0 saturated carbocycles. The minimum Gasteiger partial charge on any atom is -0.499 e. The van der Waals surface area contributed by atoms with E-state index in [9.17, 15) is 0 Å². The van der Waals surface area contributed by atoms with Crippen molar-refractivity contribution < 1.29 is 5.11 Å². The van der Waals surface area contributed by atoms with Gasteiger partial charge in [-0.1, -0.05) is 13.8 Å². The van der Waals surface area contributed by atoms with Crippen molar-refractivity contribution in [2.24, 2.45) is 11.7 Å². The summed E-state index contributed by atoms with van der Waals surface area (Å²) >= 11 is 1.33. The fraction of sp³-hybridized carbons (Fsp3) is 0.500. The van der Waals surface area contributed by atoms with E-state index in [4.69, 9.17) is 10.8 Å². The van der Waals surface area contributed by atoms with Crippen molar-refractivity contribution in [3.63, 3.8) is 0 Å². The van der Waals surface area contributed by atoms with Crippen LogP contribution in [0.3, 0.4) is 0 Å². The summed E-state index contributed by atoms with van der Waals surface area (Å²) in [4.78, 5) is 0. The zero-order chi connectivity index (χ0) is 8.43. The summed E-state index contributed by atoms with van der Waals surface area (Å²) in [6.45, 7) is 4.14. The molecule has 3 N–H and O–H groups in total. The highest BCUT2D eigenvalue weighted by Crippen LogP contribution is 2.27. The Labute approximate surface area is 70.7 Å². The lowest BCUT2D eigenvalue weighted by Crippen LogP contribution is -2.15. The number of hydrogen-bond acceptors (Lipinski definition) is 3. The van der Waals surface area contributed by atoms with E-state index in [2.05, 4.69) is 13.8 Å². The number of nitrogens with two attached hydrogens (primary N) is 1. The van der Waals surface area contributed by atoms with E-state index < -0.39 is 0 Å². The average Bonchev–Trinajstić information content (AvgIpc) is 2.34. The summed E-state index contributed by atoms with van der Waals surface area (Å²) < 4.78 is 0. The lowest BCUT2D eigenvalue weighted by atomic mass is 10.00. The zero-order valence-corrected chi connectivity index (χ0v) is 7.56. The molecule has 0 bridgehead atoms. The predicted molar refractivity (Wildman–Crippen MR) is 47.8 cm³/mol. The Morgan fingerprint density at radius 3 is 2.55 bits per heavy atom. The van der Waals surface area contributed by atoms with Crippen molar-refractivity contribution in [2.45, 2.75) is 19.9 Å². The van der Waals surface area contributed by atoms with Gasteiger partial charge in [-0.25, -0.2) is 0 Å². The summed E-state index contributed by atoms with van der Waals surface area (Å²) in [5.41, 5.74) is 6.88. The normalized spacial score (nSPS) is 13.8. The first-order chi connectivity index (χ1) is 5.11. The van der Waals surface area contributed by atoms with Crippen molar-refractivity contribution in [1.29, 1.82) is 0 Å². The molecule has 1 rings (SSSR count). The second kappa shape index (κ2) is 3.24. The van der Waals surface area contributed by atoms with Gasteiger partial charge >= 0.3 is 0 Å². The van der Waals surface area contributed by atoms with Crippen LogP contribution < -0.4 is 5.73 Å². The number of aromatic hydroxyl groups is 1. The lowest BCUT2D eigenvalue weighted by Gasteiger charge is -2.12. The quantitative estimate of drug-likeness (QED) is 0.716. The van der Waals surface area contributed by atoms with Gasteiger partial charge in [0.15, 0.2) is 5.06 Å². The highest BCUT2D eigenvalue weighted by Gasteiger charge is 2.11. The van der Waals surface area contributed by atoms with Crippen LogP contribution in [0.4, 0.5) is 0 Å². The molecule has 3 heteroatoms. The van der Waals surface area contributed by atoms with E-state index in [1.807, 2.05) is 5.38 Å². The summed E-state index contributed by atoms with van der Waals surface area (Å²) in [6, 6.07) is 1.78. The van der Waals surface area contributed by atoms with Gasteiger partial charge in [0.1, 0.15) is 0 Å². The summed E-state index contributed by atoms with van der Waals surface area (Å²) in [5.74, 6) is 0.420. The Balaban J connectivity index is 2.76. The van der Waals surface area contributed by atoms with E-state index in [1.54, 1.807) is 6.07 Å². The van der Waals surface area contributed by atoms with Gasteiger partial charge in [-0.2, -0.15) is 0 Å². The molecule has 1 aromatic heterocycles. The first-order valence-electron chi connectivity index (χ1n) is 3.64. The molecule has 1 heterocycles. The van der Waals surface area contributed by atoms with E-state index in [1.165, 1.54) is 11.3 Å². The van der Waals surface area contributed by atoms with Gasteiger partial charge in [0.2, 0.25) is 0 Å². The fourth-order valence-electron chi connectivity index (χ4n) is 0.899. The largest absolute Gasteiger partial charge is 0.499 e. The molecule has 1 atom stereocenters. The third-order valence-corrected chi connectivity index (χ3v) is 2.46. The Hall–Kier alpha value is -0.540. The van der Waals surface area contributed by atoms with Gasteiger partial charge in [0.05, 0.1) is 0 Å². The van der Waals surface area contributed by atoms with Crippen molar-refractivity contribution >= 4 is 11.3 Å². The molecule has 2 nitrogen and oxygen atoms in total. The van der Waals surface area contributed by atoms with Crippen LogP contribution in [0.25, 0.3) is 0 Å². The van der Waals surface area contributed by atoms with Crippen molar-refractivity contribution in [3.8, 4) is 5.06 Å². The summed E-state index contributed by atoms with van der Waals surface area (Å²) in [7, 11) is 0. The highest BCUT2D eigenvalue weighted by atomic mass is 32.1. The zero-order valence-electron chi connectivity index (χ0n) is 6.74. The smallest absolute Gasteiger partial charge is 0.171 e. The molecule has 0 radical (unpaired) electrons. The van der Waals surface area contributed by atoms with Crippen LogP contribution in [0.15, 0.2) is 11.4 Å². The Morgan fingerprint density at radius 2 is 2.18 bits per heavy atom. The maximum atomic E-state index is 9.05. The van der Waals surface area contributed by atoms with Crippen LogP contribution in [0.2, 0.25) is 0 Å². The molecule has 62 valence electrons. The molecule has 0 fully saturated rings. The molecule has 0 amide bonds. The van der Waals surface area contributed by atoms with Gasteiger partial charge < -0.3 is 10.8 Å². The highest BCUT2D eigenvalue weighted by molar-refractivity contribution is 7.11. The van der Waals surface area contributed by atoms with Crippen LogP contribution in [0.1, 0.15) is 25.5 Å². The Bertz CT molecular complexity index is 232. The topological polar surface area (TPSA) is 46.2 Å². The first kappa shape index (κ1) is 8.56. The maximum absolute atomic E-state index is 9.05. The molecular weight excluding hydrogens is 158 g/mol. The summed E-state index contributed by atoms with van der Waals surface area (Å²) in [5, 5.41) is 11.3. The average molecular weight is 171 g/mol. The second-order valence-electron chi connectivity index (χ2n) is 2.99. The van der Waals surface area contributed by atoms with Gasteiger partial charge in [-0.3, -0.25) is 0 Å². The molecule has 0 aliphatic rings. The van der Waals surface area contributed by atoms with Gasteiger partial charge in [-0.05, 0) is 22.9 Å². The number of rotatable bonds is 2. The number of thiophene rings is 1. The minimum atomic E-state index is 0.0483. The maximum Gasteiger partial charge on any atom is 0.171 e. The monoisotopic (exact) mass is 171 g/mol. The molecule has 0 aliphatic carbocycles. The standard InChI is InChI=1S/C8H13NOS/c1-5(2)8(9)6-3-7(10)11-4-6/h3-5,8,10H,9H2,1-2H3/t8-/m1/s1. The molecule has 1 aromatic rings. The van der Waals surface area contributed by atoms with E-state index in [0.717, 1.165) is 5.56 Å². The molecule has 0 aliphatic heterocycles. The molecular formula is C8H13NOS. The minimum absolute atomic E-state index is 0.0483. The third kappa shape index (κ3) is 1.94. The van der Waals surface area contributed by atoms with Crippen LogP contribution >= 0.6 is 11.3 Å². The van der Waals surface area contributed by atoms with Crippen LogP contribution in [0, 0.1) is 5.92 Å². The molecule has 0 spiro atoms. The molecule has 11 heavy (non-hydrogen) atoms. The Kier molecular flexibility index (Phi) is 2.52. The molecule has 0 saturated heterocycles.